The van der Waals surface area contributed by atoms with E-state index in [1.807, 2.05) is 63.8 Å². The standard InChI is InChI=1S/C34H37N5O3.C28H28N6O/c1-34(2,3)42-33(40)39-16-6-9-28(39)32-36-20-27(38-32)24-14-15-29-25(17-24)18-30(41-29)22-12-10-21(11-13-22)26-19-35-31(37-26)23-7-4-5-8-23;1-3-21(29-11-1)27-31-15-23(33-27)17-5-7-18(8-6-17)26-14-20-13-19(9-10-25(20)35-26)24-16-32-28(34-24)22-4-2-12-30-22/h10-15,17-20,23,28H,4-9,16H2,1-3H3,(H,35,37)(H,36,38);5-10,13-16,21-22,29-30H,1-4,11-12H2,(H,31,33)(H,32,34)/t;21-,22?/m.0/s1. The second-order valence-corrected chi connectivity index (χ2v) is 22.2. The molecule has 4 aliphatic rings. The van der Waals surface area contributed by atoms with Crippen molar-refractivity contribution in [2.24, 2.45) is 0 Å². The molecule has 1 aliphatic carbocycles. The number of carbonyl (C=O) groups is 1. The molecule has 4 fully saturated rings. The minimum atomic E-state index is -0.530. The minimum Gasteiger partial charge on any atom is -0.456 e. The number of likely N-dealkylation sites (tertiary alicyclic amines) is 1. The molecule has 3 saturated heterocycles. The Balaban J connectivity index is 0.000000149. The molecular formula is C62H65N11O4. The van der Waals surface area contributed by atoms with Gasteiger partial charge in [0.05, 0.1) is 65.7 Å². The van der Waals surface area contributed by atoms with Gasteiger partial charge in [0, 0.05) is 45.5 Å². The molecule has 6 N–H and O–H groups in total. The number of nitrogens with one attached hydrogen (secondary N) is 6. The lowest BCUT2D eigenvalue weighted by atomic mass is 10.1. The van der Waals surface area contributed by atoms with Crippen molar-refractivity contribution in [3.8, 4) is 67.7 Å². The van der Waals surface area contributed by atoms with Crippen LogP contribution in [-0.2, 0) is 4.74 Å². The third-order valence-corrected chi connectivity index (χ3v) is 15.7. The fourth-order valence-corrected chi connectivity index (χ4v) is 11.6. The number of benzene rings is 4. The lowest BCUT2D eigenvalue weighted by Gasteiger charge is -2.27. The lowest BCUT2D eigenvalue weighted by molar-refractivity contribution is 0.0218. The third kappa shape index (κ3) is 10.2. The second-order valence-electron chi connectivity index (χ2n) is 22.2. The van der Waals surface area contributed by atoms with Gasteiger partial charge in [-0.15, -0.1) is 0 Å². The van der Waals surface area contributed by atoms with E-state index in [0.29, 0.717) is 24.5 Å². The van der Waals surface area contributed by atoms with Gasteiger partial charge in [-0.05, 0) is 145 Å². The summed E-state index contributed by atoms with van der Waals surface area (Å²) in [7, 11) is 0. The van der Waals surface area contributed by atoms with Crippen molar-refractivity contribution < 1.29 is 18.4 Å². The number of rotatable bonds is 10. The van der Waals surface area contributed by atoms with Gasteiger partial charge in [-0.3, -0.25) is 4.90 Å². The lowest BCUT2D eigenvalue weighted by Crippen LogP contribution is -2.36. The SMILES string of the molecule is CC(C)(C)OC(=O)N1CCCC1c1ncc(-c2ccc3oc(-c4ccc(-c5cnc(C6CCCC6)[nH]5)cc4)cc3c2)[nH]1.c1cc2oc(-c3ccc(-c4cnc([C@@H]5CCCN5)[nH]4)cc3)cc2cc1-c1cnc(C2CCCN2)[nH]1. The Morgan fingerprint density at radius 3 is 1.44 bits per heavy atom. The van der Waals surface area contributed by atoms with Crippen LogP contribution in [0.5, 0.6) is 0 Å². The number of fused-ring (bicyclic) bond motifs is 2. The van der Waals surface area contributed by atoms with Crippen molar-refractivity contribution in [2.45, 2.75) is 115 Å². The summed E-state index contributed by atoms with van der Waals surface area (Å²) in [6.07, 6.45) is 18.9. The van der Waals surface area contributed by atoms with Gasteiger partial charge in [0.15, 0.2) is 0 Å². The van der Waals surface area contributed by atoms with Crippen molar-refractivity contribution in [1.29, 1.82) is 0 Å². The average molecular weight is 1030 g/mol. The van der Waals surface area contributed by atoms with Crippen LogP contribution in [0.4, 0.5) is 4.79 Å². The van der Waals surface area contributed by atoms with Gasteiger partial charge in [0.25, 0.3) is 0 Å². The number of aromatic amines is 4. The molecule has 6 aromatic heterocycles. The topological polar surface area (TPSA) is 195 Å². The van der Waals surface area contributed by atoms with E-state index in [2.05, 4.69) is 129 Å². The first kappa shape index (κ1) is 48.6. The Hall–Kier alpha value is -8.01. The second kappa shape index (κ2) is 20.5. The number of furan rings is 2. The van der Waals surface area contributed by atoms with Gasteiger partial charge in [-0.25, -0.2) is 24.7 Å². The quantitative estimate of drug-likeness (QED) is 0.0767. The van der Waals surface area contributed by atoms with Gasteiger partial charge in [-0.2, -0.15) is 0 Å². The summed E-state index contributed by atoms with van der Waals surface area (Å²) in [6.45, 7) is 8.46. The maximum Gasteiger partial charge on any atom is 0.410 e. The van der Waals surface area contributed by atoms with E-state index >= 15 is 0 Å². The summed E-state index contributed by atoms with van der Waals surface area (Å²) in [6, 6.07) is 34.1. The van der Waals surface area contributed by atoms with E-state index in [4.69, 9.17) is 13.6 Å². The van der Waals surface area contributed by atoms with E-state index in [-0.39, 0.29) is 12.1 Å². The largest absolute Gasteiger partial charge is 0.456 e. The third-order valence-electron chi connectivity index (χ3n) is 15.7. The molecule has 2 unspecified atom stereocenters. The highest BCUT2D eigenvalue weighted by molar-refractivity contribution is 5.88. The number of carbonyl (C=O) groups excluding carboxylic acids is 1. The summed E-state index contributed by atoms with van der Waals surface area (Å²) in [4.78, 5) is 47.1. The molecule has 4 aromatic carbocycles. The van der Waals surface area contributed by atoms with Gasteiger partial charge in [0.1, 0.15) is 51.6 Å². The monoisotopic (exact) mass is 1030 g/mol. The van der Waals surface area contributed by atoms with Crippen molar-refractivity contribution in [1.82, 2.24) is 55.4 Å². The molecular weight excluding hydrogens is 963 g/mol. The Kier molecular flexibility index (Phi) is 12.9. The zero-order valence-electron chi connectivity index (χ0n) is 43.9. The number of ether oxygens (including phenoxy) is 1. The first-order chi connectivity index (χ1) is 37.6. The first-order valence-corrected chi connectivity index (χ1v) is 27.6. The summed E-state index contributed by atoms with van der Waals surface area (Å²) >= 11 is 0. The Bertz CT molecular complexity index is 3660. The van der Waals surface area contributed by atoms with Crippen molar-refractivity contribution in [2.75, 3.05) is 19.6 Å². The van der Waals surface area contributed by atoms with Gasteiger partial charge in [0.2, 0.25) is 0 Å². The van der Waals surface area contributed by atoms with Gasteiger partial charge >= 0.3 is 6.09 Å². The number of amides is 1. The molecule has 15 nitrogen and oxygen atoms in total. The van der Waals surface area contributed by atoms with E-state index < -0.39 is 5.60 Å². The van der Waals surface area contributed by atoms with Crippen LogP contribution in [0.15, 0.2) is 131 Å². The molecule has 15 heteroatoms. The number of hydrogen-bond acceptors (Lipinski definition) is 10. The van der Waals surface area contributed by atoms with Crippen molar-refractivity contribution in [3.63, 3.8) is 0 Å². The normalized spacial score (nSPS) is 18.9. The number of hydrogen-bond donors (Lipinski definition) is 6. The zero-order chi connectivity index (χ0) is 52.0. The van der Waals surface area contributed by atoms with Crippen molar-refractivity contribution >= 4 is 28.0 Å². The zero-order valence-corrected chi connectivity index (χ0v) is 43.9. The molecule has 0 bridgehead atoms. The number of imidazole rings is 4. The molecule has 1 saturated carbocycles. The summed E-state index contributed by atoms with van der Waals surface area (Å²) in [5, 5.41) is 9.10. The van der Waals surface area contributed by atoms with Crippen LogP contribution in [0.1, 0.15) is 132 Å². The molecule has 0 radical (unpaired) electrons. The number of H-pyrrole nitrogens is 4. The molecule has 9 heterocycles. The number of nitrogens with zero attached hydrogens (tertiary/aromatic N) is 5. The van der Waals surface area contributed by atoms with Crippen LogP contribution in [-0.4, -0.2) is 76.1 Å². The Labute approximate surface area is 447 Å². The van der Waals surface area contributed by atoms with E-state index in [9.17, 15) is 4.79 Å². The first-order valence-electron chi connectivity index (χ1n) is 27.6. The molecule has 0 spiro atoms. The highest BCUT2D eigenvalue weighted by Gasteiger charge is 2.35. The fraction of sp³-hybridized carbons (Fsp3) is 0.339. The molecule has 392 valence electrons. The summed E-state index contributed by atoms with van der Waals surface area (Å²) in [5.41, 5.74) is 11.7. The van der Waals surface area contributed by atoms with Crippen LogP contribution in [0.2, 0.25) is 0 Å². The molecule has 14 rings (SSSR count). The van der Waals surface area contributed by atoms with Crippen LogP contribution >= 0.6 is 0 Å². The predicted octanol–water partition coefficient (Wildman–Crippen LogP) is 14.3. The fourth-order valence-electron chi connectivity index (χ4n) is 11.6. The minimum absolute atomic E-state index is 0.114. The highest BCUT2D eigenvalue weighted by Crippen LogP contribution is 2.38. The van der Waals surface area contributed by atoms with E-state index in [1.54, 1.807) is 4.90 Å². The van der Waals surface area contributed by atoms with Crippen LogP contribution in [0, 0.1) is 0 Å². The molecule has 3 atom stereocenters. The van der Waals surface area contributed by atoms with E-state index in [0.717, 1.165) is 152 Å². The van der Waals surface area contributed by atoms with E-state index in [1.165, 1.54) is 38.5 Å². The Morgan fingerprint density at radius 2 is 0.948 bits per heavy atom. The molecule has 10 aromatic rings. The molecule has 77 heavy (non-hydrogen) atoms. The predicted molar refractivity (Wildman–Crippen MR) is 300 cm³/mol. The maximum absolute atomic E-state index is 12.8. The van der Waals surface area contributed by atoms with Gasteiger partial charge < -0.3 is 44.1 Å². The van der Waals surface area contributed by atoms with Crippen LogP contribution in [0.25, 0.3) is 89.6 Å². The van der Waals surface area contributed by atoms with Crippen LogP contribution in [0.3, 0.4) is 0 Å². The molecule has 3 aliphatic heterocycles. The summed E-state index contributed by atoms with van der Waals surface area (Å²) in [5.74, 6) is 6.22. The average Bonchev–Trinajstić information content (AvgIpc) is 4.29. The van der Waals surface area contributed by atoms with Gasteiger partial charge in [-0.1, -0.05) is 61.4 Å². The van der Waals surface area contributed by atoms with Crippen LogP contribution < -0.4 is 10.6 Å². The number of aromatic nitrogens is 8. The molecule has 1 amide bonds. The van der Waals surface area contributed by atoms with Crippen molar-refractivity contribution in [3.05, 3.63) is 145 Å². The smallest absolute Gasteiger partial charge is 0.410 e. The Morgan fingerprint density at radius 1 is 0.506 bits per heavy atom. The highest BCUT2D eigenvalue weighted by atomic mass is 16.6. The summed E-state index contributed by atoms with van der Waals surface area (Å²) < 4.78 is 18.0. The maximum atomic E-state index is 12.8.